The second-order valence-electron chi connectivity index (χ2n) is 5.29. The minimum Gasteiger partial charge on any atom is -0.222 e. The van der Waals surface area contributed by atoms with E-state index < -0.39 is 10.2 Å². The molecule has 1 saturated heterocycles. The van der Waals surface area contributed by atoms with Gasteiger partial charge in [-0.3, -0.25) is 9.80 Å². The fourth-order valence-electron chi connectivity index (χ4n) is 2.01. The summed E-state index contributed by atoms with van der Waals surface area (Å²) in [6.07, 6.45) is 0. The van der Waals surface area contributed by atoms with Crippen LogP contribution in [0.25, 0.3) is 0 Å². The first-order valence-electron chi connectivity index (χ1n) is 8.21. The van der Waals surface area contributed by atoms with Crippen molar-refractivity contribution in [2.45, 2.75) is 0 Å². The molecule has 0 radical (unpaired) electrons. The SMILES string of the molecule is OCCN1CNCCNCN(CCO)CNCCNC1.[Cl][Ni+][Cl].[O-][Cl+3]([O-])([O-])[O-]. The molecule has 1 aliphatic rings. The van der Waals surface area contributed by atoms with Gasteiger partial charge in [-0.05, 0) is 0 Å². The zero-order valence-electron chi connectivity index (χ0n) is 15.4. The summed E-state index contributed by atoms with van der Waals surface area (Å²) in [5, 5.41) is 31.4. The molecule has 0 aromatic rings. The van der Waals surface area contributed by atoms with E-state index >= 15 is 0 Å². The van der Waals surface area contributed by atoms with Crippen molar-refractivity contribution in [1.82, 2.24) is 31.1 Å². The second-order valence-corrected chi connectivity index (χ2v) is 7.68. The molecular weight excluding hydrogens is 489 g/mol. The average molecular weight is 519 g/mol. The minimum atomic E-state index is -4.94. The Kier molecular flexibility index (Phi) is 25.0. The number of aliphatic hydroxyl groups is 2. The van der Waals surface area contributed by atoms with Gasteiger partial charge in [0.05, 0.1) is 13.2 Å². The third-order valence-corrected chi connectivity index (χ3v) is 3.13. The van der Waals surface area contributed by atoms with E-state index in [2.05, 4.69) is 31.1 Å². The molecular formula is C12H30Cl3N6NiO6. The predicted octanol–water partition coefficient (Wildman–Crippen LogP) is -6.60. The predicted molar refractivity (Wildman–Crippen MR) is 90.8 cm³/mol. The number of rotatable bonds is 4. The first kappa shape index (κ1) is 31.1. The molecule has 16 heteroatoms. The molecule has 0 aliphatic carbocycles. The van der Waals surface area contributed by atoms with Gasteiger partial charge in [0.2, 0.25) is 0 Å². The van der Waals surface area contributed by atoms with Gasteiger partial charge in [0.15, 0.2) is 0 Å². The van der Waals surface area contributed by atoms with Crippen molar-refractivity contribution in [3.05, 3.63) is 0 Å². The van der Waals surface area contributed by atoms with E-state index in [0.717, 1.165) is 52.9 Å². The van der Waals surface area contributed by atoms with Crippen LogP contribution in [-0.2, 0) is 12.7 Å². The molecule has 0 aromatic heterocycles. The van der Waals surface area contributed by atoms with Gasteiger partial charge in [-0.15, -0.1) is 10.2 Å². The summed E-state index contributed by atoms with van der Waals surface area (Å²) in [6, 6.07) is 0. The van der Waals surface area contributed by atoms with Crippen LogP contribution in [0.5, 0.6) is 0 Å². The molecule has 28 heavy (non-hydrogen) atoms. The molecule has 0 amide bonds. The van der Waals surface area contributed by atoms with Crippen molar-refractivity contribution in [3.63, 3.8) is 0 Å². The maximum Gasteiger partial charge on any atom is -0.112 e. The molecule has 175 valence electrons. The largest absolute Gasteiger partial charge is 0.222 e. The van der Waals surface area contributed by atoms with Gasteiger partial charge in [0, 0.05) is 65.9 Å². The first-order valence-corrected chi connectivity index (χ1v) is 12.2. The summed E-state index contributed by atoms with van der Waals surface area (Å²) in [6.45, 7) is 8.27. The molecule has 0 atom stereocenters. The van der Waals surface area contributed by atoms with Gasteiger partial charge < -0.3 is 31.5 Å². The normalized spacial score (nSPS) is 19.0. The molecule has 0 unspecified atom stereocenters. The van der Waals surface area contributed by atoms with Crippen molar-refractivity contribution >= 4 is 20.4 Å². The second kappa shape index (κ2) is 22.6. The van der Waals surface area contributed by atoms with Crippen LogP contribution in [0.15, 0.2) is 0 Å². The number of nitrogens with one attached hydrogen (secondary N) is 4. The zero-order chi connectivity index (χ0) is 21.7. The van der Waals surface area contributed by atoms with Gasteiger partial charge in [0.25, 0.3) is 0 Å². The summed E-state index contributed by atoms with van der Waals surface area (Å²) in [5.41, 5.74) is 0. The Morgan fingerprint density at radius 1 is 0.714 bits per heavy atom. The van der Waals surface area contributed by atoms with Crippen molar-refractivity contribution in [2.75, 3.05) is 79.2 Å². The third-order valence-electron chi connectivity index (χ3n) is 3.13. The van der Waals surface area contributed by atoms with Crippen LogP contribution >= 0.6 is 20.4 Å². The monoisotopic (exact) mass is 517 g/mol. The summed E-state index contributed by atoms with van der Waals surface area (Å²) >= 11 is 0.569. The number of hydrogen-bond donors (Lipinski definition) is 6. The molecule has 1 heterocycles. The maximum absolute atomic E-state index is 9.02. The number of β-amino-alcohol motifs (C(OH)–C–C–N with tert-alkyl or cyclic N) is 2. The van der Waals surface area contributed by atoms with Gasteiger partial charge >= 0.3 is 33.0 Å². The Morgan fingerprint density at radius 2 is 0.929 bits per heavy atom. The fourth-order valence-corrected chi connectivity index (χ4v) is 2.01. The Bertz CT molecular complexity index is 284. The zero-order valence-corrected chi connectivity index (χ0v) is 18.6. The molecule has 1 aliphatic heterocycles. The van der Waals surface area contributed by atoms with Crippen LogP contribution in [0.1, 0.15) is 0 Å². The fraction of sp³-hybridized carbons (Fsp3) is 1.00. The van der Waals surface area contributed by atoms with Gasteiger partial charge in [-0.1, -0.05) is 0 Å². The first-order chi connectivity index (χ1) is 13.3. The van der Waals surface area contributed by atoms with Crippen molar-refractivity contribution < 1.29 is 51.7 Å². The Balaban J connectivity index is 0. The summed E-state index contributed by atoms with van der Waals surface area (Å²) in [5.74, 6) is 0. The number of nitrogens with zero attached hydrogens (tertiary/aromatic N) is 2. The van der Waals surface area contributed by atoms with E-state index in [4.69, 9.17) is 49.2 Å². The number of halogens is 3. The number of hydrogen-bond acceptors (Lipinski definition) is 12. The summed E-state index contributed by atoms with van der Waals surface area (Å²) in [7, 11) is 4.46. The van der Waals surface area contributed by atoms with Gasteiger partial charge in [-0.25, -0.2) is 18.6 Å². The molecule has 6 N–H and O–H groups in total. The topological polar surface area (TPSA) is 187 Å². The summed E-state index contributed by atoms with van der Waals surface area (Å²) in [4.78, 5) is 4.29. The number of aliphatic hydroxyl groups excluding tert-OH is 2. The van der Waals surface area contributed by atoms with Crippen molar-refractivity contribution in [1.29, 1.82) is 0 Å². The van der Waals surface area contributed by atoms with Crippen LogP contribution in [-0.4, -0.2) is 99.2 Å². The van der Waals surface area contributed by atoms with E-state index in [9.17, 15) is 0 Å². The quantitative estimate of drug-likeness (QED) is 0.193. The third kappa shape index (κ3) is 29.1. The minimum absolute atomic E-state index is 0.177. The smallest absolute Gasteiger partial charge is 0.112 e. The van der Waals surface area contributed by atoms with Crippen LogP contribution in [0, 0.1) is 10.2 Å². The van der Waals surface area contributed by atoms with Crippen LogP contribution < -0.4 is 39.9 Å². The molecule has 0 spiro atoms. The molecule has 0 saturated carbocycles. The van der Waals surface area contributed by atoms with E-state index in [1.807, 2.05) is 0 Å². The average Bonchev–Trinajstić information content (AvgIpc) is 2.59. The standard InChI is InChI=1S/C12H30N6O2.ClHO4.2ClH.Ni/c19-7-5-17-9-13-1-2-14-10-18(6-8-20)12-16-4-3-15-11-17;2-1(3,4)5;;;/h13-16,19-20H,1-12H2;(H,2,3,4,5);2*1H;/q;;;;+3/p-3. The van der Waals surface area contributed by atoms with Crippen LogP contribution in [0.2, 0.25) is 0 Å². The van der Waals surface area contributed by atoms with E-state index in [-0.39, 0.29) is 13.2 Å². The van der Waals surface area contributed by atoms with E-state index in [1.54, 1.807) is 0 Å². The maximum atomic E-state index is 9.02. The van der Waals surface area contributed by atoms with E-state index in [1.165, 1.54) is 0 Å². The Morgan fingerprint density at radius 3 is 1.11 bits per heavy atom. The van der Waals surface area contributed by atoms with Gasteiger partial charge in [-0.2, -0.15) is 0 Å². The van der Waals surface area contributed by atoms with Crippen molar-refractivity contribution in [2.24, 2.45) is 0 Å². The molecule has 12 nitrogen and oxygen atoms in total. The molecule has 0 bridgehead atoms. The Labute approximate surface area is 182 Å². The molecule has 1 rings (SSSR count). The summed E-state index contributed by atoms with van der Waals surface area (Å²) < 4.78 is 34.0. The molecule has 1 fully saturated rings. The van der Waals surface area contributed by atoms with Crippen molar-refractivity contribution in [3.8, 4) is 0 Å². The van der Waals surface area contributed by atoms with Gasteiger partial charge in [0.1, 0.15) is 0 Å². The van der Waals surface area contributed by atoms with E-state index in [0.29, 0.717) is 25.7 Å². The Hall–Kier alpha value is 0.884. The van der Waals surface area contributed by atoms with Crippen LogP contribution in [0.4, 0.5) is 0 Å². The van der Waals surface area contributed by atoms with Crippen LogP contribution in [0.3, 0.4) is 0 Å². The molecule has 0 aromatic carbocycles.